The second-order valence-electron chi connectivity index (χ2n) is 4.23. The first kappa shape index (κ1) is 13.1. The fraction of sp³-hybridized carbons (Fsp3) is 0.286. The van der Waals surface area contributed by atoms with Crippen molar-refractivity contribution in [1.29, 1.82) is 0 Å². The number of furan rings is 1. The summed E-state index contributed by atoms with van der Waals surface area (Å²) in [7, 11) is 3.21. The van der Waals surface area contributed by atoms with E-state index in [-0.39, 0.29) is 5.91 Å². The van der Waals surface area contributed by atoms with Crippen LogP contribution in [0, 0.1) is 6.92 Å². The second-order valence-corrected chi connectivity index (χ2v) is 4.23. The molecule has 2 heterocycles. The highest BCUT2D eigenvalue weighted by atomic mass is 16.5. The number of nitrogens with zero attached hydrogens (tertiary/aromatic N) is 2. The number of hydrogen-bond acceptors (Lipinski definition) is 4. The van der Waals surface area contributed by atoms with E-state index < -0.39 is 0 Å². The Morgan fingerprint density at radius 3 is 2.84 bits per heavy atom. The van der Waals surface area contributed by atoms with Crippen molar-refractivity contribution in [3.05, 3.63) is 47.5 Å². The summed E-state index contributed by atoms with van der Waals surface area (Å²) in [5, 5.41) is 0. The summed E-state index contributed by atoms with van der Waals surface area (Å²) >= 11 is 0. The van der Waals surface area contributed by atoms with Crippen LogP contribution in [-0.4, -0.2) is 29.9 Å². The van der Waals surface area contributed by atoms with Gasteiger partial charge in [0.15, 0.2) is 0 Å². The fourth-order valence-electron chi connectivity index (χ4n) is 1.80. The van der Waals surface area contributed by atoms with E-state index in [2.05, 4.69) is 4.98 Å². The number of aromatic nitrogens is 1. The van der Waals surface area contributed by atoms with Gasteiger partial charge in [-0.2, -0.15) is 0 Å². The third-order valence-corrected chi connectivity index (χ3v) is 2.73. The minimum absolute atomic E-state index is 0.154. The van der Waals surface area contributed by atoms with E-state index >= 15 is 0 Å². The average molecular weight is 260 g/mol. The van der Waals surface area contributed by atoms with Gasteiger partial charge in [0.25, 0.3) is 5.91 Å². The average Bonchev–Trinajstić information content (AvgIpc) is 2.83. The smallest absolute Gasteiger partial charge is 0.259 e. The molecule has 100 valence electrons. The zero-order valence-electron chi connectivity index (χ0n) is 11.2. The molecule has 2 aromatic heterocycles. The molecule has 2 rings (SSSR count). The second kappa shape index (κ2) is 5.56. The Labute approximate surface area is 111 Å². The van der Waals surface area contributed by atoms with Crippen LogP contribution in [0.2, 0.25) is 0 Å². The van der Waals surface area contributed by atoms with Gasteiger partial charge in [0.2, 0.25) is 5.88 Å². The van der Waals surface area contributed by atoms with Crippen molar-refractivity contribution < 1.29 is 13.9 Å². The number of hydrogen-bond donors (Lipinski definition) is 0. The monoisotopic (exact) mass is 260 g/mol. The quantitative estimate of drug-likeness (QED) is 0.846. The molecule has 0 aliphatic rings. The van der Waals surface area contributed by atoms with E-state index in [0.717, 1.165) is 11.5 Å². The number of rotatable bonds is 4. The fourth-order valence-corrected chi connectivity index (χ4v) is 1.80. The Morgan fingerprint density at radius 1 is 1.42 bits per heavy atom. The van der Waals surface area contributed by atoms with Crippen molar-refractivity contribution in [2.24, 2.45) is 0 Å². The Kier molecular flexibility index (Phi) is 3.85. The van der Waals surface area contributed by atoms with Gasteiger partial charge in [-0.05, 0) is 31.2 Å². The molecular formula is C14H16N2O3. The molecule has 0 saturated carbocycles. The highest BCUT2D eigenvalue weighted by Crippen LogP contribution is 2.17. The third-order valence-electron chi connectivity index (χ3n) is 2.73. The summed E-state index contributed by atoms with van der Waals surface area (Å²) in [4.78, 5) is 17.9. The van der Waals surface area contributed by atoms with Crippen molar-refractivity contribution >= 4 is 5.91 Å². The highest BCUT2D eigenvalue weighted by molar-refractivity contribution is 5.96. The molecule has 5 heteroatoms. The van der Waals surface area contributed by atoms with Crippen molar-refractivity contribution in [3.8, 4) is 5.88 Å². The van der Waals surface area contributed by atoms with Crippen LogP contribution in [-0.2, 0) is 6.54 Å². The first-order valence-corrected chi connectivity index (χ1v) is 5.91. The summed E-state index contributed by atoms with van der Waals surface area (Å²) < 4.78 is 10.5. The van der Waals surface area contributed by atoms with Crippen molar-refractivity contribution in [1.82, 2.24) is 9.88 Å². The summed E-state index contributed by atoms with van der Waals surface area (Å²) in [6, 6.07) is 7.14. The Bertz CT molecular complexity index is 578. The van der Waals surface area contributed by atoms with Crippen LogP contribution < -0.4 is 4.74 Å². The van der Waals surface area contributed by atoms with E-state index in [1.807, 2.05) is 19.1 Å². The van der Waals surface area contributed by atoms with Crippen molar-refractivity contribution in [2.45, 2.75) is 13.5 Å². The zero-order valence-corrected chi connectivity index (χ0v) is 11.2. The molecule has 2 aromatic rings. The standard InChI is InChI=1S/C14H16N2O3/c1-10-6-7-11(19-10)9-16(2)14(17)12-5-4-8-15-13(12)18-3/h4-8H,9H2,1-3H3. The lowest BCUT2D eigenvalue weighted by Crippen LogP contribution is -2.26. The number of carbonyl (C=O) groups is 1. The van der Waals surface area contributed by atoms with Crippen LogP contribution in [0.15, 0.2) is 34.9 Å². The molecule has 0 N–H and O–H groups in total. The van der Waals surface area contributed by atoms with Gasteiger partial charge in [-0.25, -0.2) is 4.98 Å². The largest absolute Gasteiger partial charge is 0.480 e. The van der Waals surface area contributed by atoms with E-state index in [1.54, 1.807) is 30.3 Å². The van der Waals surface area contributed by atoms with Gasteiger partial charge in [0.1, 0.15) is 17.1 Å². The number of ether oxygens (including phenoxy) is 1. The van der Waals surface area contributed by atoms with Crippen LogP contribution in [0.3, 0.4) is 0 Å². The van der Waals surface area contributed by atoms with Crippen molar-refractivity contribution in [2.75, 3.05) is 14.2 Å². The highest BCUT2D eigenvalue weighted by Gasteiger charge is 2.18. The van der Waals surface area contributed by atoms with E-state index in [9.17, 15) is 4.79 Å². The lowest BCUT2D eigenvalue weighted by atomic mass is 10.2. The van der Waals surface area contributed by atoms with Gasteiger partial charge >= 0.3 is 0 Å². The van der Waals surface area contributed by atoms with Crippen molar-refractivity contribution in [3.63, 3.8) is 0 Å². The molecule has 0 unspecified atom stereocenters. The predicted molar refractivity (Wildman–Crippen MR) is 70.0 cm³/mol. The van der Waals surface area contributed by atoms with Crippen LogP contribution in [0.4, 0.5) is 0 Å². The molecule has 5 nitrogen and oxygen atoms in total. The third kappa shape index (κ3) is 2.93. The molecule has 0 aliphatic carbocycles. The van der Waals surface area contributed by atoms with Crippen LogP contribution in [0.1, 0.15) is 21.9 Å². The molecule has 0 aromatic carbocycles. The van der Waals surface area contributed by atoms with E-state index in [1.165, 1.54) is 7.11 Å². The van der Waals surface area contributed by atoms with Crippen LogP contribution in [0.25, 0.3) is 0 Å². The molecule has 1 amide bonds. The first-order valence-electron chi connectivity index (χ1n) is 5.91. The Balaban J connectivity index is 2.14. The number of pyridine rings is 1. The minimum atomic E-state index is -0.154. The summed E-state index contributed by atoms with van der Waals surface area (Å²) in [5.41, 5.74) is 0.441. The maximum atomic E-state index is 12.3. The normalized spacial score (nSPS) is 10.3. The minimum Gasteiger partial charge on any atom is -0.480 e. The van der Waals surface area contributed by atoms with Gasteiger partial charge in [-0.1, -0.05) is 0 Å². The summed E-state index contributed by atoms with van der Waals surface area (Å²) in [5.74, 6) is 1.75. The molecule has 0 radical (unpaired) electrons. The van der Waals surface area contributed by atoms with E-state index in [4.69, 9.17) is 9.15 Å². The van der Waals surface area contributed by atoms with Gasteiger partial charge in [-0.3, -0.25) is 4.79 Å². The Hall–Kier alpha value is -2.30. The van der Waals surface area contributed by atoms with Gasteiger partial charge in [-0.15, -0.1) is 0 Å². The van der Waals surface area contributed by atoms with E-state index in [0.29, 0.717) is 18.0 Å². The first-order chi connectivity index (χ1) is 9.11. The molecule has 0 bridgehead atoms. The number of methoxy groups -OCH3 is 1. The molecule has 0 fully saturated rings. The molecule has 19 heavy (non-hydrogen) atoms. The summed E-state index contributed by atoms with van der Waals surface area (Å²) in [6.07, 6.45) is 1.59. The summed E-state index contributed by atoms with van der Waals surface area (Å²) in [6.45, 7) is 2.28. The van der Waals surface area contributed by atoms with Gasteiger partial charge < -0.3 is 14.1 Å². The predicted octanol–water partition coefficient (Wildman–Crippen LogP) is 2.26. The maximum absolute atomic E-state index is 12.3. The molecular weight excluding hydrogens is 244 g/mol. The van der Waals surface area contributed by atoms with Crippen LogP contribution >= 0.6 is 0 Å². The van der Waals surface area contributed by atoms with Crippen LogP contribution in [0.5, 0.6) is 5.88 Å². The molecule has 0 aliphatic heterocycles. The number of amides is 1. The molecule has 0 atom stereocenters. The lowest BCUT2D eigenvalue weighted by Gasteiger charge is -2.16. The lowest BCUT2D eigenvalue weighted by molar-refractivity contribution is 0.0770. The zero-order chi connectivity index (χ0) is 13.8. The number of carbonyl (C=O) groups excluding carboxylic acids is 1. The van der Waals surface area contributed by atoms with Gasteiger partial charge in [0, 0.05) is 13.2 Å². The molecule has 0 saturated heterocycles. The topological polar surface area (TPSA) is 55.6 Å². The SMILES string of the molecule is COc1ncccc1C(=O)N(C)Cc1ccc(C)o1. The maximum Gasteiger partial charge on any atom is 0.259 e. The Morgan fingerprint density at radius 2 is 2.21 bits per heavy atom. The number of aryl methyl sites for hydroxylation is 1. The van der Waals surface area contributed by atoms with Gasteiger partial charge in [0.05, 0.1) is 13.7 Å². The molecule has 0 spiro atoms.